The van der Waals surface area contributed by atoms with Crippen molar-refractivity contribution in [2.45, 2.75) is 64.2 Å². The maximum atomic E-state index is 13.1. The van der Waals surface area contributed by atoms with Crippen LogP contribution in [0.2, 0.25) is 0 Å². The fourth-order valence-corrected chi connectivity index (χ4v) is 4.31. The molecule has 0 fully saturated rings. The quantitative estimate of drug-likeness (QED) is 0.195. The van der Waals surface area contributed by atoms with Crippen LogP contribution in [-0.4, -0.2) is 57.9 Å². The average molecular weight is 536 g/mol. The molecule has 10 nitrogen and oxygen atoms in total. The number of nitrogens with two attached hydrogens (primary N) is 1. The summed E-state index contributed by atoms with van der Waals surface area (Å²) in [6.45, 7) is 5.17. The summed E-state index contributed by atoms with van der Waals surface area (Å²) in [4.78, 5) is 53.8. The van der Waals surface area contributed by atoms with Crippen LogP contribution in [0.1, 0.15) is 38.3 Å². The van der Waals surface area contributed by atoms with Crippen LogP contribution in [0.5, 0.6) is 0 Å². The number of benzene rings is 2. The third kappa shape index (κ3) is 7.90. The van der Waals surface area contributed by atoms with Crippen molar-refractivity contribution in [3.8, 4) is 0 Å². The van der Waals surface area contributed by atoms with E-state index in [9.17, 15) is 24.3 Å². The number of rotatable bonds is 13. The average Bonchev–Trinajstić information content (AvgIpc) is 3.33. The molecule has 10 heteroatoms. The second-order valence-corrected chi connectivity index (χ2v) is 9.86. The highest BCUT2D eigenvalue weighted by Crippen LogP contribution is 2.19. The number of carbonyl (C=O) groups excluding carboxylic acids is 3. The number of H-pyrrole nitrogens is 1. The number of carbonyl (C=O) groups is 4. The first kappa shape index (κ1) is 29.4. The minimum absolute atomic E-state index is 0.0661. The molecule has 3 rings (SSSR count). The molecule has 208 valence electrons. The van der Waals surface area contributed by atoms with Gasteiger partial charge in [0, 0.05) is 23.5 Å². The van der Waals surface area contributed by atoms with Crippen LogP contribution in [0.25, 0.3) is 10.9 Å². The standard InChI is InChI=1S/C29H37N5O5/c1-4-17(2)25(34-27(36)22(30)14-19-10-6-5-7-11-19)28(37)32-18(3)26(35)33-24(29(38)39)15-20-16-31-23-13-9-8-12-21(20)23/h5-13,16-18,22,24-25,31H,4,14-15,30H2,1-3H3,(H,32,37)(H,33,35)(H,34,36)(H,38,39)/t17-,18-,22-,24-,25-/m0/s1. The van der Waals surface area contributed by atoms with Gasteiger partial charge in [0.05, 0.1) is 6.04 Å². The molecular formula is C29H37N5O5. The molecule has 1 aromatic heterocycles. The van der Waals surface area contributed by atoms with Crippen molar-refractivity contribution in [3.05, 3.63) is 71.9 Å². The Kier molecular flexibility index (Phi) is 10.2. The second kappa shape index (κ2) is 13.6. The minimum Gasteiger partial charge on any atom is -0.480 e. The molecule has 39 heavy (non-hydrogen) atoms. The highest BCUT2D eigenvalue weighted by molar-refractivity contribution is 5.94. The highest BCUT2D eigenvalue weighted by atomic mass is 16.4. The molecule has 0 radical (unpaired) electrons. The van der Waals surface area contributed by atoms with Crippen molar-refractivity contribution in [1.29, 1.82) is 0 Å². The first-order valence-corrected chi connectivity index (χ1v) is 13.1. The molecule has 0 saturated heterocycles. The largest absolute Gasteiger partial charge is 0.480 e. The molecule has 5 atom stereocenters. The van der Waals surface area contributed by atoms with E-state index in [2.05, 4.69) is 20.9 Å². The van der Waals surface area contributed by atoms with Crippen LogP contribution < -0.4 is 21.7 Å². The van der Waals surface area contributed by atoms with E-state index < -0.39 is 47.9 Å². The fourth-order valence-electron chi connectivity index (χ4n) is 4.31. The molecule has 1 heterocycles. The van der Waals surface area contributed by atoms with E-state index in [1.54, 1.807) is 6.20 Å². The molecule has 0 aliphatic carbocycles. The molecule has 7 N–H and O–H groups in total. The summed E-state index contributed by atoms with van der Waals surface area (Å²) in [6.07, 6.45) is 2.70. The number of aromatic nitrogens is 1. The SMILES string of the molecule is CC[C@H](C)[C@H](NC(=O)[C@@H](N)Cc1ccccc1)C(=O)N[C@@H](C)C(=O)N[C@@H](Cc1c[nH]c2ccccc12)C(=O)O. The number of aliphatic carboxylic acids is 1. The van der Waals surface area contributed by atoms with Gasteiger partial charge in [-0.2, -0.15) is 0 Å². The molecule has 0 bridgehead atoms. The number of hydrogen-bond donors (Lipinski definition) is 6. The third-order valence-electron chi connectivity index (χ3n) is 6.89. The van der Waals surface area contributed by atoms with Gasteiger partial charge >= 0.3 is 5.97 Å². The van der Waals surface area contributed by atoms with E-state index in [4.69, 9.17) is 5.73 Å². The minimum atomic E-state index is -1.20. The number of hydrogen-bond acceptors (Lipinski definition) is 5. The first-order chi connectivity index (χ1) is 18.6. The van der Waals surface area contributed by atoms with Gasteiger partial charge in [-0.05, 0) is 36.5 Å². The smallest absolute Gasteiger partial charge is 0.326 e. The van der Waals surface area contributed by atoms with E-state index in [0.717, 1.165) is 22.0 Å². The summed E-state index contributed by atoms with van der Waals surface area (Å²) in [5, 5.41) is 18.5. The predicted molar refractivity (Wildman–Crippen MR) is 149 cm³/mol. The van der Waals surface area contributed by atoms with E-state index in [1.807, 2.05) is 68.4 Å². The zero-order valence-corrected chi connectivity index (χ0v) is 22.4. The molecule has 2 aromatic carbocycles. The second-order valence-electron chi connectivity index (χ2n) is 9.86. The zero-order chi connectivity index (χ0) is 28.5. The Balaban J connectivity index is 1.61. The summed E-state index contributed by atoms with van der Waals surface area (Å²) < 4.78 is 0. The molecule has 0 saturated carbocycles. The van der Waals surface area contributed by atoms with Gasteiger partial charge in [-0.3, -0.25) is 14.4 Å². The Morgan fingerprint density at radius 2 is 1.54 bits per heavy atom. The Hall–Kier alpha value is -4.18. The Morgan fingerprint density at radius 3 is 2.21 bits per heavy atom. The summed E-state index contributed by atoms with van der Waals surface area (Å²) in [5.41, 5.74) is 8.61. The predicted octanol–water partition coefficient (Wildman–Crippen LogP) is 1.89. The van der Waals surface area contributed by atoms with E-state index >= 15 is 0 Å². The van der Waals surface area contributed by atoms with Gasteiger partial charge < -0.3 is 31.8 Å². The molecule has 0 spiro atoms. The van der Waals surface area contributed by atoms with Crippen LogP contribution in [-0.2, 0) is 32.0 Å². The van der Waals surface area contributed by atoms with Gasteiger partial charge in [0.2, 0.25) is 17.7 Å². The lowest BCUT2D eigenvalue weighted by atomic mass is 9.97. The molecular weight excluding hydrogens is 498 g/mol. The van der Waals surface area contributed by atoms with Gasteiger partial charge in [-0.25, -0.2) is 4.79 Å². The normalized spacial score (nSPS) is 15.0. The van der Waals surface area contributed by atoms with Crippen LogP contribution in [0.15, 0.2) is 60.8 Å². The van der Waals surface area contributed by atoms with Crippen LogP contribution in [0, 0.1) is 5.92 Å². The van der Waals surface area contributed by atoms with E-state index in [0.29, 0.717) is 12.8 Å². The van der Waals surface area contributed by atoms with Crippen LogP contribution >= 0.6 is 0 Å². The third-order valence-corrected chi connectivity index (χ3v) is 6.89. The van der Waals surface area contributed by atoms with Crippen molar-refractivity contribution in [2.75, 3.05) is 0 Å². The zero-order valence-electron chi connectivity index (χ0n) is 22.4. The number of para-hydroxylation sites is 1. The monoisotopic (exact) mass is 535 g/mol. The van der Waals surface area contributed by atoms with Crippen molar-refractivity contribution < 1.29 is 24.3 Å². The molecule has 3 aromatic rings. The number of aromatic amines is 1. The van der Waals surface area contributed by atoms with E-state index in [1.165, 1.54) is 6.92 Å². The Bertz CT molecular complexity index is 1290. The van der Waals surface area contributed by atoms with Gasteiger partial charge in [0.25, 0.3) is 0 Å². The summed E-state index contributed by atoms with van der Waals surface area (Å²) in [6, 6.07) is 12.8. The number of carboxylic acids is 1. The number of carboxylic acid groups (broad SMARTS) is 1. The van der Waals surface area contributed by atoms with Gasteiger partial charge in [-0.15, -0.1) is 0 Å². The van der Waals surface area contributed by atoms with Gasteiger partial charge in [-0.1, -0.05) is 68.8 Å². The molecule has 0 aliphatic heterocycles. The van der Waals surface area contributed by atoms with Crippen molar-refractivity contribution in [3.63, 3.8) is 0 Å². The fraction of sp³-hybridized carbons (Fsp3) is 0.379. The Labute approximate surface area is 227 Å². The Morgan fingerprint density at radius 1 is 0.872 bits per heavy atom. The lowest BCUT2D eigenvalue weighted by molar-refractivity contribution is -0.142. The topological polar surface area (TPSA) is 166 Å². The lowest BCUT2D eigenvalue weighted by Gasteiger charge is -2.27. The summed E-state index contributed by atoms with van der Waals surface area (Å²) in [7, 11) is 0. The number of fused-ring (bicyclic) bond motifs is 1. The van der Waals surface area contributed by atoms with E-state index in [-0.39, 0.29) is 12.3 Å². The molecule has 3 amide bonds. The number of amides is 3. The molecule has 0 aliphatic rings. The maximum absolute atomic E-state index is 13.1. The maximum Gasteiger partial charge on any atom is 0.326 e. The van der Waals surface area contributed by atoms with Crippen LogP contribution in [0.4, 0.5) is 0 Å². The lowest BCUT2D eigenvalue weighted by Crippen LogP contribution is -2.58. The van der Waals surface area contributed by atoms with Crippen molar-refractivity contribution in [1.82, 2.24) is 20.9 Å². The van der Waals surface area contributed by atoms with Crippen molar-refractivity contribution >= 4 is 34.6 Å². The highest BCUT2D eigenvalue weighted by Gasteiger charge is 2.31. The summed E-state index contributed by atoms with van der Waals surface area (Å²) in [5.74, 6) is -3.09. The van der Waals surface area contributed by atoms with Gasteiger partial charge in [0.1, 0.15) is 18.1 Å². The van der Waals surface area contributed by atoms with Gasteiger partial charge in [0.15, 0.2) is 0 Å². The first-order valence-electron chi connectivity index (χ1n) is 13.1. The number of nitrogens with one attached hydrogen (secondary N) is 4. The summed E-state index contributed by atoms with van der Waals surface area (Å²) >= 11 is 0. The molecule has 0 unspecified atom stereocenters. The van der Waals surface area contributed by atoms with Crippen molar-refractivity contribution in [2.24, 2.45) is 11.7 Å². The van der Waals surface area contributed by atoms with Crippen LogP contribution in [0.3, 0.4) is 0 Å².